The van der Waals surface area contributed by atoms with Gasteiger partial charge in [-0.3, -0.25) is 4.90 Å². The largest absolute Gasteiger partial charge is 0.508 e. The number of hydrogen-bond acceptors (Lipinski definition) is 10. The van der Waals surface area contributed by atoms with Crippen molar-refractivity contribution in [2.75, 3.05) is 31.2 Å². The molecule has 1 heterocycles. The Labute approximate surface area is 195 Å². The van der Waals surface area contributed by atoms with E-state index in [0.29, 0.717) is 24.6 Å². The van der Waals surface area contributed by atoms with Crippen LogP contribution in [-0.2, 0) is 4.74 Å². The number of aromatic hydroxyl groups is 2. The Kier molecular flexibility index (Phi) is 9.50. The third-order valence-electron chi connectivity index (χ3n) is 5.19. The van der Waals surface area contributed by atoms with Crippen LogP contribution in [0.4, 0.5) is 0 Å². The zero-order valence-corrected chi connectivity index (χ0v) is 19.0. The smallest absolute Gasteiger partial charge is 0.140 e. The van der Waals surface area contributed by atoms with E-state index < -0.39 is 37.3 Å². The highest BCUT2D eigenvalue weighted by molar-refractivity contribution is 7.99. The first kappa shape index (κ1) is 25.1. The topological polar surface area (TPSA) is 134 Å². The number of benzene rings is 2. The third-order valence-corrected chi connectivity index (χ3v) is 7.18. The summed E-state index contributed by atoms with van der Waals surface area (Å²) in [5, 5.41) is 59.2. The molecule has 0 saturated carbocycles. The minimum atomic E-state index is -1.43. The number of phenolic OH excluding ortho intramolecular Hbond substituents is 2. The van der Waals surface area contributed by atoms with Crippen LogP contribution in [0.15, 0.2) is 58.3 Å². The van der Waals surface area contributed by atoms with Crippen LogP contribution in [0, 0.1) is 0 Å². The van der Waals surface area contributed by atoms with Gasteiger partial charge in [0.15, 0.2) is 0 Å². The van der Waals surface area contributed by atoms with Gasteiger partial charge in [-0.2, -0.15) is 0 Å². The summed E-state index contributed by atoms with van der Waals surface area (Å²) >= 11 is 3.15. The van der Waals surface area contributed by atoms with Crippen LogP contribution in [0.25, 0.3) is 0 Å². The molecule has 2 aromatic carbocycles. The van der Waals surface area contributed by atoms with Gasteiger partial charge in [-0.1, -0.05) is 0 Å². The lowest BCUT2D eigenvalue weighted by atomic mass is 9.98. The number of ether oxygens (including phenoxy) is 1. The number of aliphatic hydroxyl groups is 4. The molecule has 1 saturated heterocycles. The molecule has 0 aromatic heterocycles. The normalized spacial score (nSPS) is 25.8. The number of rotatable bonds is 10. The molecule has 1 unspecified atom stereocenters. The maximum atomic E-state index is 10.6. The predicted molar refractivity (Wildman–Crippen MR) is 123 cm³/mol. The SMILES string of the molecule is OC[C@@H]1OC(N(CCSc2ccc(O)cc2)CCSc2ccc(O)cc2)[C@@H](O)[C@H](O)[C@H]1O. The van der Waals surface area contributed by atoms with Gasteiger partial charge >= 0.3 is 0 Å². The molecule has 0 spiro atoms. The number of thioether (sulfide) groups is 2. The minimum absolute atomic E-state index is 0.198. The van der Waals surface area contributed by atoms with Crippen molar-refractivity contribution in [3.8, 4) is 11.5 Å². The summed E-state index contributed by atoms with van der Waals surface area (Å²) in [5.74, 6) is 1.71. The van der Waals surface area contributed by atoms with E-state index in [2.05, 4.69) is 0 Å². The molecule has 2 aromatic rings. The summed E-state index contributed by atoms with van der Waals surface area (Å²) in [6.45, 7) is 0.564. The van der Waals surface area contributed by atoms with Crippen LogP contribution in [0.3, 0.4) is 0 Å². The molecule has 32 heavy (non-hydrogen) atoms. The van der Waals surface area contributed by atoms with Crippen LogP contribution < -0.4 is 0 Å². The minimum Gasteiger partial charge on any atom is -0.508 e. The van der Waals surface area contributed by atoms with Gasteiger partial charge in [-0.05, 0) is 48.5 Å². The van der Waals surface area contributed by atoms with Crippen molar-refractivity contribution in [3.05, 3.63) is 48.5 Å². The summed E-state index contributed by atoms with van der Waals surface area (Å²) < 4.78 is 5.76. The van der Waals surface area contributed by atoms with Gasteiger partial charge < -0.3 is 35.4 Å². The Morgan fingerprint density at radius 1 is 0.719 bits per heavy atom. The molecule has 0 radical (unpaired) electrons. The fourth-order valence-corrected chi connectivity index (χ4v) is 5.18. The molecule has 10 heteroatoms. The van der Waals surface area contributed by atoms with Crippen molar-refractivity contribution in [3.63, 3.8) is 0 Å². The maximum absolute atomic E-state index is 10.6. The summed E-state index contributed by atoms with van der Waals surface area (Å²) in [6, 6.07) is 13.7. The van der Waals surface area contributed by atoms with Gasteiger partial charge in [-0.15, -0.1) is 23.5 Å². The highest BCUT2D eigenvalue weighted by Gasteiger charge is 2.45. The quantitative estimate of drug-likeness (QED) is 0.273. The van der Waals surface area contributed by atoms with E-state index in [4.69, 9.17) is 4.74 Å². The second kappa shape index (κ2) is 12.1. The van der Waals surface area contributed by atoms with Gasteiger partial charge in [0.05, 0.1) is 6.61 Å². The lowest BCUT2D eigenvalue weighted by Gasteiger charge is -2.44. The molecule has 5 atom stereocenters. The van der Waals surface area contributed by atoms with Crippen LogP contribution in [-0.4, -0.2) is 97.4 Å². The molecule has 8 nitrogen and oxygen atoms in total. The molecule has 6 N–H and O–H groups in total. The average molecular weight is 484 g/mol. The second-order valence-corrected chi connectivity index (χ2v) is 9.78. The molecule has 3 rings (SSSR count). The molecular formula is C22H29NO7S2. The first-order chi connectivity index (χ1) is 15.4. The number of phenols is 2. The van der Waals surface area contributed by atoms with Gasteiger partial charge in [-0.25, -0.2) is 0 Å². The Hall–Kier alpha value is -1.50. The van der Waals surface area contributed by atoms with Crippen molar-refractivity contribution < 1.29 is 35.4 Å². The Morgan fingerprint density at radius 3 is 1.62 bits per heavy atom. The van der Waals surface area contributed by atoms with E-state index in [0.717, 1.165) is 9.79 Å². The lowest BCUT2D eigenvalue weighted by molar-refractivity contribution is -0.264. The molecule has 0 amide bonds. The number of hydrogen-bond donors (Lipinski definition) is 6. The van der Waals surface area contributed by atoms with Crippen molar-refractivity contribution in [2.24, 2.45) is 0 Å². The highest BCUT2D eigenvalue weighted by atomic mass is 32.2. The fraction of sp³-hybridized carbons (Fsp3) is 0.455. The van der Waals surface area contributed by atoms with Crippen molar-refractivity contribution in [1.82, 2.24) is 4.90 Å². The first-order valence-corrected chi connectivity index (χ1v) is 12.2. The van der Waals surface area contributed by atoms with E-state index in [1.54, 1.807) is 47.8 Å². The monoisotopic (exact) mass is 483 g/mol. The molecular weight excluding hydrogens is 454 g/mol. The molecule has 1 aliphatic heterocycles. The summed E-state index contributed by atoms with van der Waals surface area (Å²) in [6.07, 6.45) is -6.00. The van der Waals surface area contributed by atoms with Gasteiger partial charge in [0.25, 0.3) is 0 Å². The third kappa shape index (κ3) is 6.75. The van der Waals surface area contributed by atoms with Crippen molar-refractivity contribution in [1.29, 1.82) is 0 Å². The standard InChI is InChI=1S/C22H29NO7S2/c24-13-18-19(27)20(28)21(29)22(30-18)23(9-11-31-16-5-1-14(25)2-6-16)10-12-32-17-7-3-15(26)4-8-17/h1-8,18-22,24-29H,9-13H2/t18-,19-,20+,21-,22?/m0/s1. The Morgan fingerprint density at radius 2 is 1.19 bits per heavy atom. The zero-order chi connectivity index (χ0) is 23.1. The lowest BCUT2D eigenvalue weighted by Crippen LogP contribution is -2.63. The van der Waals surface area contributed by atoms with Crippen LogP contribution in [0.5, 0.6) is 11.5 Å². The van der Waals surface area contributed by atoms with Gasteiger partial charge in [0, 0.05) is 34.4 Å². The van der Waals surface area contributed by atoms with E-state index in [-0.39, 0.29) is 11.5 Å². The zero-order valence-electron chi connectivity index (χ0n) is 17.4. The summed E-state index contributed by atoms with van der Waals surface area (Å²) in [4.78, 5) is 3.86. The fourth-order valence-electron chi connectivity index (χ4n) is 3.40. The van der Waals surface area contributed by atoms with E-state index in [1.807, 2.05) is 29.2 Å². The number of aliphatic hydroxyl groups excluding tert-OH is 4. The highest BCUT2D eigenvalue weighted by Crippen LogP contribution is 2.27. The van der Waals surface area contributed by atoms with Crippen molar-refractivity contribution in [2.45, 2.75) is 40.4 Å². The maximum Gasteiger partial charge on any atom is 0.140 e. The summed E-state index contributed by atoms with van der Waals surface area (Å²) in [7, 11) is 0. The average Bonchev–Trinajstić information content (AvgIpc) is 2.79. The predicted octanol–water partition coefficient (Wildman–Crippen LogP) is 1.08. The molecule has 0 bridgehead atoms. The number of nitrogens with zero attached hydrogens (tertiary/aromatic N) is 1. The van der Waals surface area contributed by atoms with Crippen LogP contribution in [0.1, 0.15) is 0 Å². The molecule has 0 aliphatic carbocycles. The molecule has 1 fully saturated rings. The van der Waals surface area contributed by atoms with Gasteiger partial charge in [0.2, 0.25) is 0 Å². The van der Waals surface area contributed by atoms with E-state index >= 15 is 0 Å². The van der Waals surface area contributed by atoms with E-state index in [9.17, 15) is 30.6 Å². The Bertz CT molecular complexity index is 771. The van der Waals surface area contributed by atoms with Crippen LogP contribution >= 0.6 is 23.5 Å². The second-order valence-electron chi connectivity index (χ2n) is 7.44. The van der Waals surface area contributed by atoms with E-state index in [1.165, 1.54) is 0 Å². The molecule has 176 valence electrons. The molecule has 1 aliphatic rings. The summed E-state index contributed by atoms with van der Waals surface area (Å²) in [5.41, 5.74) is 0. The Balaban J connectivity index is 1.64. The first-order valence-electron chi connectivity index (χ1n) is 10.3. The van der Waals surface area contributed by atoms with Crippen LogP contribution in [0.2, 0.25) is 0 Å². The van der Waals surface area contributed by atoms with Gasteiger partial charge in [0.1, 0.15) is 42.1 Å². The van der Waals surface area contributed by atoms with Crippen molar-refractivity contribution >= 4 is 23.5 Å².